The molecule has 4 aromatic rings. The second kappa shape index (κ2) is 11.2. The monoisotopic (exact) mass is 680 g/mol. The first-order valence-corrected chi connectivity index (χ1v) is 15.3. The fourth-order valence-electron chi connectivity index (χ4n) is 6.81. The van der Waals surface area contributed by atoms with E-state index in [4.69, 9.17) is 4.74 Å². The molecule has 0 unspecified atom stereocenters. The van der Waals surface area contributed by atoms with Crippen molar-refractivity contribution in [2.75, 3.05) is 4.90 Å². The number of hydrogen-bond acceptors (Lipinski definition) is 5. The van der Waals surface area contributed by atoms with Crippen LogP contribution in [0, 0.1) is 15.4 Å². The molecule has 1 spiro atoms. The molecule has 6 rings (SSSR count). The third kappa shape index (κ3) is 5.05. The summed E-state index contributed by atoms with van der Waals surface area (Å²) in [5.41, 5.74) is 0.899. The molecule has 3 heterocycles. The number of nitrogens with zero attached hydrogens (tertiary/aromatic N) is 4. The number of anilines is 1. The van der Waals surface area contributed by atoms with Crippen molar-refractivity contribution < 1.29 is 19.0 Å². The van der Waals surface area contributed by atoms with Crippen LogP contribution in [0.5, 0.6) is 0 Å². The molecule has 1 aromatic heterocycles. The third-order valence-electron chi connectivity index (χ3n) is 8.72. The van der Waals surface area contributed by atoms with Crippen LogP contribution in [0.1, 0.15) is 55.7 Å². The summed E-state index contributed by atoms with van der Waals surface area (Å²) in [6.45, 7) is 5.89. The molecule has 1 amide bonds. The van der Waals surface area contributed by atoms with E-state index in [0.717, 1.165) is 25.9 Å². The molecular formula is C33H34FIN4O3. The van der Waals surface area contributed by atoms with Gasteiger partial charge in [-0.3, -0.25) is 9.48 Å². The maximum absolute atomic E-state index is 16.0. The number of aliphatic hydroxyl groups is 1. The van der Waals surface area contributed by atoms with Crippen molar-refractivity contribution in [1.29, 1.82) is 0 Å². The molecule has 3 aromatic carbocycles. The van der Waals surface area contributed by atoms with Crippen LogP contribution in [0.2, 0.25) is 0 Å². The summed E-state index contributed by atoms with van der Waals surface area (Å²) < 4.78 is 25.5. The Morgan fingerprint density at radius 1 is 1.07 bits per heavy atom. The van der Waals surface area contributed by atoms with Crippen LogP contribution < -0.4 is 4.90 Å². The number of carbonyl (C=O) groups is 1. The van der Waals surface area contributed by atoms with Crippen molar-refractivity contribution in [3.05, 3.63) is 111 Å². The molecule has 5 atom stereocenters. The summed E-state index contributed by atoms with van der Waals surface area (Å²) in [4.78, 5) is 16.2. The second-order valence-electron chi connectivity index (χ2n) is 11.8. The number of amides is 1. The Bertz CT molecular complexity index is 1570. The average molecular weight is 681 g/mol. The fraction of sp³-hybridized carbons (Fsp3) is 0.364. The highest BCUT2D eigenvalue weighted by Crippen LogP contribution is 2.58. The quantitative estimate of drug-likeness (QED) is 0.225. The molecule has 218 valence electrons. The maximum atomic E-state index is 16.0. The normalized spacial score (nSPS) is 24.4. The van der Waals surface area contributed by atoms with Gasteiger partial charge in [-0.25, -0.2) is 4.39 Å². The molecule has 0 bridgehead atoms. The van der Waals surface area contributed by atoms with Crippen molar-refractivity contribution in [2.45, 2.75) is 63.8 Å². The smallest absolute Gasteiger partial charge is 0.264 e. The van der Waals surface area contributed by atoms with Gasteiger partial charge in [-0.15, -0.1) is 5.10 Å². The van der Waals surface area contributed by atoms with E-state index in [1.54, 1.807) is 29.6 Å². The van der Waals surface area contributed by atoms with Crippen molar-refractivity contribution in [3.63, 3.8) is 0 Å². The Morgan fingerprint density at radius 3 is 2.48 bits per heavy atom. The van der Waals surface area contributed by atoms with Gasteiger partial charge in [-0.2, -0.15) is 0 Å². The highest BCUT2D eigenvalue weighted by atomic mass is 127. The van der Waals surface area contributed by atoms with E-state index in [1.165, 1.54) is 0 Å². The minimum atomic E-state index is -1.59. The van der Waals surface area contributed by atoms with Crippen LogP contribution in [0.15, 0.2) is 85.1 Å². The zero-order valence-corrected chi connectivity index (χ0v) is 26.0. The van der Waals surface area contributed by atoms with Gasteiger partial charge >= 0.3 is 0 Å². The minimum Gasteiger partial charge on any atom is -0.382 e. The summed E-state index contributed by atoms with van der Waals surface area (Å²) in [6.07, 6.45) is 0.707. The Hall–Kier alpha value is -3.15. The maximum Gasteiger partial charge on any atom is 0.264 e. The van der Waals surface area contributed by atoms with Crippen molar-refractivity contribution >= 4 is 34.2 Å². The summed E-state index contributed by atoms with van der Waals surface area (Å²) in [6, 6.07) is 25.1. The summed E-state index contributed by atoms with van der Waals surface area (Å²) in [7, 11) is 0. The molecule has 1 saturated heterocycles. The van der Waals surface area contributed by atoms with E-state index < -0.39 is 35.3 Å². The molecule has 1 fully saturated rings. The van der Waals surface area contributed by atoms with E-state index >= 15 is 4.39 Å². The first-order valence-electron chi connectivity index (χ1n) is 14.3. The van der Waals surface area contributed by atoms with Crippen molar-refractivity contribution in [2.24, 2.45) is 11.8 Å². The molecule has 7 nitrogen and oxygen atoms in total. The highest BCUT2D eigenvalue weighted by molar-refractivity contribution is 14.1. The van der Waals surface area contributed by atoms with Crippen molar-refractivity contribution in [1.82, 2.24) is 15.0 Å². The lowest BCUT2D eigenvalue weighted by Crippen LogP contribution is -2.45. The summed E-state index contributed by atoms with van der Waals surface area (Å²) in [5.74, 6) is -1.10. The number of ether oxygens (including phenoxy) is 1. The Balaban J connectivity index is 1.27. The molecule has 2 aliphatic heterocycles. The lowest BCUT2D eigenvalue weighted by atomic mass is 9.71. The number of carbonyl (C=O) groups excluding carboxylic acids is 1. The zero-order valence-electron chi connectivity index (χ0n) is 23.8. The highest BCUT2D eigenvalue weighted by Gasteiger charge is 2.66. The lowest BCUT2D eigenvalue weighted by molar-refractivity contribution is -0.146. The van der Waals surface area contributed by atoms with Crippen LogP contribution in [0.3, 0.4) is 0 Å². The molecular weight excluding hydrogens is 646 g/mol. The summed E-state index contributed by atoms with van der Waals surface area (Å²) >= 11 is 2.27. The first-order chi connectivity index (χ1) is 20.1. The van der Waals surface area contributed by atoms with Crippen LogP contribution in [-0.2, 0) is 28.2 Å². The van der Waals surface area contributed by atoms with Crippen LogP contribution in [-0.4, -0.2) is 37.8 Å². The van der Waals surface area contributed by atoms with Crippen LogP contribution >= 0.6 is 22.6 Å². The average Bonchev–Trinajstić information content (AvgIpc) is 3.64. The molecule has 9 heteroatoms. The number of aryl methyl sites for hydroxylation is 1. The van der Waals surface area contributed by atoms with Gasteiger partial charge < -0.3 is 14.7 Å². The Labute approximate surface area is 258 Å². The van der Waals surface area contributed by atoms with E-state index in [-0.39, 0.29) is 5.91 Å². The third-order valence-corrected chi connectivity index (χ3v) is 9.44. The second-order valence-corrected chi connectivity index (χ2v) is 13.1. The number of aromatic nitrogens is 3. The van der Waals surface area contributed by atoms with E-state index in [0.29, 0.717) is 25.2 Å². The van der Waals surface area contributed by atoms with E-state index in [9.17, 15) is 9.90 Å². The van der Waals surface area contributed by atoms with Gasteiger partial charge in [0, 0.05) is 27.5 Å². The largest absolute Gasteiger partial charge is 0.382 e. The van der Waals surface area contributed by atoms with E-state index in [2.05, 4.69) is 32.9 Å². The van der Waals surface area contributed by atoms with Gasteiger partial charge in [0.2, 0.25) is 0 Å². The number of fused-ring (bicyclic) bond motifs is 2. The standard InChI is InChI=1S/C33H34FIN4O3/c1-21-29(32(2,3)34)28(17-18-38-20-26(36-37-38)30(40)23-9-5-4-6-10-23)42-33(21)25-11-7-8-12-27(25)39(31(33)41)19-22-13-15-24(35)16-14-22/h4-16,20-21,28-30,40H,17-19H2,1-3H3/t21-,28+,29-,30-,33+/m1/s1. The van der Waals surface area contributed by atoms with Gasteiger partial charge in [-0.05, 0) is 72.2 Å². The number of halogens is 2. The van der Waals surface area contributed by atoms with Gasteiger partial charge in [0.1, 0.15) is 17.5 Å². The number of para-hydroxylation sites is 1. The number of alkyl halides is 1. The molecule has 0 aliphatic carbocycles. The van der Waals surface area contributed by atoms with Gasteiger partial charge in [0.05, 0.1) is 24.5 Å². The summed E-state index contributed by atoms with van der Waals surface area (Å²) in [5, 5.41) is 19.1. The predicted molar refractivity (Wildman–Crippen MR) is 166 cm³/mol. The lowest BCUT2D eigenvalue weighted by Gasteiger charge is -2.32. The number of rotatable bonds is 8. The van der Waals surface area contributed by atoms with Crippen LogP contribution in [0.25, 0.3) is 0 Å². The predicted octanol–water partition coefficient (Wildman–Crippen LogP) is 6.20. The molecule has 0 saturated carbocycles. The van der Waals surface area contributed by atoms with Crippen LogP contribution in [0.4, 0.5) is 10.1 Å². The first kappa shape index (κ1) is 28.9. The number of hydrogen-bond donors (Lipinski definition) is 1. The number of benzene rings is 3. The van der Waals surface area contributed by atoms with Gasteiger partial charge in [0.25, 0.3) is 5.91 Å². The topological polar surface area (TPSA) is 80.5 Å². The SMILES string of the molecule is C[C@@H]1[C@@H](C(C)(C)F)[C@H](CCn2cc([C@H](O)c3ccccc3)nn2)O[C@@]12C(=O)N(Cc1ccc(I)cc1)c1ccccc12. The zero-order chi connectivity index (χ0) is 29.6. The van der Waals surface area contributed by atoms with Crippen molar-refractivity contribution in [3.8, 4) is 0 Å². The van der Waals surface area contributed by atoms with Gasteiger partial charge in [0.15, 0.2) is 5.60 Å². The molecule has 1 N–H and O–H groups in total. The molecule has 0 radical (unpaired) electrons. The molecule has 42 heavy (non-hydrogen) atoms. The fourth-order valence-corrected chi connectivity index (χ4v) is 7.17. The Kier molecular flexibility index (Phi) is 7.69. The van der Waals surface area contributed by atoms with E-state index in [1.807, 2.05) is 85.8 Å². The van der Waals surface area contributed by atoms with Gasteiger partial charge in [-0.1, -0.05) is 72.8 Å². The Morgan fingerprint density at radius 2 is 1.76 bits per heavy atom. The minimum absolute atomic E-state index is 0.152. The number of aliphatic hydroxyl groups excluding tert-OH is 1. The molecule has 2 aliphatic rings.